The van der Waals surface area contributed by atoms with Gasteiger partial charge in [0.05, 0.1) is 0 Å². The first-order chi connectivity index (χ1) is 13.2. The Bertz CT molecular complexity index is 1190. The number of hydrogen-bond donors (Lipinski definition) is 0. The van der Waals surface area contributed by atoms with E-state index in [0.29, 0.717) is 11.1 Å². The molecule has 2 heterocycles. The maximum absolute atomic E-state index is 12.4. The van der Waals surface area contributed by atoms with E-state index in [4.69, 9.17) is 4.42 Å². The number of aromatic nitrogens is 1. The number of para-hydroxylation sites is 1. The molecule has 0 aliphatic carbocycles. The van der Waals surface area contributed by atoms with E-state index in [-0.39, 0.29) is 5.78 Å². The summed E-state index contributed by atoms with van der Waals surface area (Å²) >= 11 is 0. The molecular formula is C23H15NO3. The summed E-state index contributed by atoms with van der Waals surface area (Å²) in [6, 6.07) is 19.8. The van der Waals surface area contributed by atoms with E-state index in [1.54, 1.807) is 36.7 Å². The van der Waals surface area contributed by atoms with Crippen molar-refractivity contribution in [2.24, 2.45) is 0 Å². The Morgan fingerprint density at radius 2 is 1.78 bits per heavy atom. The molecule has 4 rings (SSSR count). The highest BCUT2D eigenvalue weighted by atomic mass is 16.4. The van der Waals surface area contributed by atoms with Gasteiger partial charge in [-0.3, -0.25) is 9.78 Å². The van der Waals surface area contributed by atoms with Crippen LogP contribution in [0.4, 0.5) is 0 Å². The molecular weight excluding hydrogens is 338 g/mol. The summed E-state index contributed by atoms with van der Waals surface area (Å²) in [4.78, 5) is 28.2. The van der Waals surface area contributed by atoms with Crippen LogP contribution in [0.25, 0.3) is 28.2 Å². The predicted octanol–water partition coefficient (Wildman–Crippen LogP) is 4.75. The second-order valence-electron chi connectivity index (χ2n) is 6.04. The number of benzene rings is 2. The zero-order chi connectivity index (χ0) is 18.6. The average molecular weight is 353 g/mol. The van der Waals surface area contributed by atoms with Crippen LogP contribution in [0.3, 0.4) is 0 Å². The van der Waals surface area contributed by atoms with Crippen LogP contribution in [0.15, 0.2) is 94.4 Å². The van der Waals surface area contributed by atoms with Crippen LogP contribution in [0, 0.1) is 0 Å². The minimum absolute atomic E-state index is 0.0946. The summed E-state index contributed by atoms with van der Waals surface area (Å²) in [6.07, 6.45) is 6.64. The third kappa shape index (κ3) is 3.60. The topological polar surface area (TPSA) is 60.2 Å². The zero-order valence-electron chi connectivity index (χ0n) is 14.3. The highest BCUT2D eigenvalue weighted by Crippen LogP contribution is 2.27. The molecule has 0 N–H and O–H groups in total. The van der Waals surface area contributed by atoms with Gasteiger partial charge in [-0.15, -0.1) is 0 Å². The molecule has 0 saturated heterocycles. The van der Waals surface area contributed by atoms with Crippen LogP contribution < -0.4 is 5.63 Å². The fraction of sp³-hybridized carbons (Fsp3) is 0. The van der Waals surface area contributed by atoms with Gasteiger partial charge < -0.3 is 4.42 Å². The Hall–Kier alpha value is -3.79. The monoisotopic (exact) mass is 353 g/mol. The number of ketones is 1. The molecule has 4 heteroatoms. The predicted molar refractivity (Wildman–Crippen MR) is 106 cm³/mol. The minimum atomic E-state index is -0.400. The van der Waals surface area contributed by atoms with Gasteiger partial charge in [0.25, 0.3) is 0 Å². The van der Waals surface area contributed by atoms with E-state index in [1.165, 1.54) is 12.1 Å². The lowest BCUT2D eigenvalue weighted by atomic mass is 9.99. The fourth-order valence-electron chi connectivity index (χ4n) is 2.91. The molecule has 4 aromatic rings. The number of fused-ring (bicyclic) bond motifs is 1. The normalized spacial score (nSPS) is 11.1. The Balaban J connectivity index is 1.64. The number of rotatable bonds is 4. The summed E-state index contributed by atoms with van der Waals surface area (Å²) < 4.78 is 5.24. The Morgan fingerprint density at radius 1 is 0.963 bits per heavy atom. The molecule has 27 heavy (non-hydrogen) atoms. The van der Waals surface area contributed by atoms with Crippen molar-refractivity contribution in [1.29, 1.82) is 0 Å². The number of nitrogens with zero attached hydrogens (tertiary/aromatic N) is 1. The summed E-state index contributed by atoms with van der Waals surface area (Å²) in [5.74, 6) is -0.0946. The SMILES string of the molecule is O=C(C=Cc1cccnc1)c1ccc(-c2cc(=O)oc3ccccc23)cc1. The lowest BCUT2D eigenvalue weighted by Gasteiger charge is -2.06. The highest BCUT2D eigenvalue weighted by Gasteiger charge is 2.08. The molecule has 0 saturated carbocycles. The number of allylic oxidation sites excluding steroid dienone is 1. The van der Waals surface area contributed by atoms with Gasteiger partial charge in [-0.2, -0.15) is 0 Å². The van der Waals surface area contributed by atoms with E-state index in [2.05, 4.69) is 4.98 Å². The summed E-state index contributed by atoms with van der Waals surface area (Å²) in [5, 5.41) is 0.854. The molecule has 130 valence electrons. The van der Waals surface area contributed by atoms with Crippen molar-refractivity contribution in [1.82, 2.24) is 4.98 Å². The third-order valence-corrected chi connectivity index (χ3v) is 4.24. The largest absolute Gasteiger partial charge is 0.423 e. The molecule has 4 nitrogen and oxygen atoms in total. The molecule has 0 atom stereocenters. The first-order valence-corrected chi connectivity index (χ1v) is 8.46. The summed E-state index contributed by atoms with van der Waals surface area (Å²) in [7, 11) is 0. The Kier molecular flexibility index (Phi) is 4.45. The van der Waals surface area contributed by atoms with Crippen LogP contribution in [-0.2, 0) is 0 Å². The van der Waals surface area contributed by atoms with E-state index >= 15 is 0 Å². The summed E-state index contributed by atoms with van der Waals surface area (Å²) in [6.45, 7) is 0. The second-order valence-corrected chi connectivity index (χ2v) is 6.04. The number of carbonyl (C=O) groups is 1. The molecule has 0 radical (unpaired) electrons. The standard InChI is InChI=1S/C23H15NO3/c25-21(12-7-16-4-3-13-24-15-16)18-10-8-17(9-11-18)20-14-23(26)27-22-6-2-1-5-19(20)22/h1-15H. The van der Waals surface area contributed by atoms with Gasteiger partial charge in [-0.1, -0.05) is 48.5 Å². The van der Waals surface area contributed by atoms with Gasteiger partial charge in [0.1, 0.15) is 5.58 Å². The highest BCUT2D eigenvalue weighted by molar-refractivity contribution is 6.07. The van der Waals surface area contributed by atoms with Gasteiger partial charge >= 0.3 is 5.63 Å². The number of hydrogen-bond acceptors (Lipinski definition) is 4. The van der Waals surface area contributed by atoms with Crippen molar-refractivity contribution < 1.29 is 9.21 Å². The van der Waals surface area contributed by atoms with Crippen LogP contribution in [0.2, 0.25) is 0 Å². The average Bonchev–Trinajstić information content (AvgIpc) is 2.72. The molecule has 0 spiro atoms. The van der Waals surface area contributed by atoms with Crippen molar-refractivity contribution >= 4 is 22.8 Å². The van der Waals surface area contributed by atoms with Crippen molar-refractivity contribution in [2.75, 3.05) is 0 Å². The Labute approximate surface area is 155 Å². The minimum Gasteiger partial charge on any atom is -0.423 e. The maximum atomic E-state index is 12.4. The summed E-state index contributed by atoms with van der Waals surface area (Å²) in [5.41, 5.74) is 3.22. The number of carbonyl (C=O) groups excluding carboxylic acids is 1. The van der Waals surface area contributed by atoms with E-state index < -0.39 is 5.63 Å². The lowest BCUT2D eigenvalue weighted by molar-refractivity contribution is 0.104. The van der Waals surface area contributed by atoms with Crippen molar-refractivity contribution in [3.8, 4) is 11.1 Å². The molecule has 0 amide bonds. The smallest absolute Gasteiger partial charge is 0.336 e. The zero-order valence-corrected chi connectivity index (χ0v) is 14.3. The quantitative estimate of drug-likeness (QED) is 0.302. The molecule has 0 bridgehead atoms. The second kappa shape index (κ2) is 7.22. The molecule has 2 aromatic carbocycles. The van der Waals surface area contributed by atoms with E-state index in [1.807, 2.05) is 42.5 Å². The Morgan fingerprint density at radius 3 is 2.56 bits per heavy atom. The maximum Gasteiger partial charge on any atom is 0.336 e. The molecule has 0 aliphatic heterocycles. The molecule has 0 aliphatic rings. The van der Waals surface area contributed by atoms with Gasteiger partial charge in [0.15, 0.2) is 5.78 Å². The van der Waals surface area contributed by atoms with E-state index in [9.17, 15) is 9.59 Å². The van der Waals surface area contributed by atoms with Crippen LogP contribution in [-0.4, -0.2) is 10.8 Å². The van der Waals surface area contributed by atoms with Crippen molar-refractivity contribution in [2.45, 2.75) is 0 Å². The molecule has 0 unspecified atom stereocenters. The van der Waals surface area contributed by atoms with Crippen LogP contribution >= 0.6 is 0 Å². The van der Waals surface area contributed by atoms with Crippen LogP contribution in [0.1, 0.15) is 15.9 Å². The number of pyridine rings is 1. The fourth-order valence-corrected chi connectivity index (χ4v) is 2.91. The lowest BCUT2D eigenvalue weighted by Crippen LogP contribution is -1.98. The third-order valence-electron chi connectivity index (χ3n) is 4.24. The molecule has 0 fully saturated rings. The molecule has 2 aromatic heterocycles. The first-order valence-electron chi connectivity index (χ1n) is 8.46. The van der Waals surface area contributed by atoms with Gasteiger partial charge in [-0.05, 0) is 41.0 Å². The van der Waals surface area contributed by atoms with Gasteiger partial charge in [-0.25, -0.2) is 4.79 Å². The van der Waals surface area contributed by atoms with Crippen molar-refractivity contribution in [3.05, 3.63) is 107 Å². The first kappa shape index (κ1) is 16.7. The van der Waals surface area contributed by atoms with Crippen LogP contribution in [0.5, 0.6) is 0 Å². The van der Waals surface area contributed by atoms with E-state index in [0.717, 1.165) is 22.1 Å². The van der Waals surface area contributed by atoms with Gasteiger partial charge in [0.2, 0.25) is 0 Å². The van der Waals surface area contributed by atoms with Gasteiger partial charge in [0, 0.05) is 29.4 Å². The van der Waals surface area contributed by atoms with Crippen molar-refractivity contribution in [3.63, 3.8) is 0 Å².